The molecule has 8 heteroatoms. The maximum atomic E-state index is 12.5. The quantitative estimate of drug-likeness (QED) is 0.879. The summed E-state index contributed by atoms with van der Waals surface area (Å²) in [6, 6.07) is 8.89. The lowest BCUT2D eigenvalue weighted by Gasteiger charge is -2.13. The molecule has 0 saturated heterocycles. The van der Waals surface area contributed by atoms with Gasteiger partial charge in [-0.1, -0.05) is 23.2 Å². The SMILES string of the molecule is COc1ccc(S(=O)(=O)Nc2cc(Cl)ccc2Cl)c(OC)c1. The molecular formula is C14H13Cl2NO4S. The minimum absolute atomic E-state index is 0.0353. The molecule has 0 saturated carbocycles. The van der Waals surface area contributed by atoms with Gasteiger partial charge in [-0.15, -0.1) is 0 Å². The van der Waals surface area contributed by atoms with E-state index in [4.69, 9.17) is 32.7 Å². The van der Waals surface area contributed by atoms with Crippen molar-refractivity contribution in [1.82, 2.24) is 0 Å². The van der Waals surface area contributed by atoms with Gasteiger partial charge in [-0.25, -0.2) is 8.42 Å². The second-order valence-electron chi connectivity index (χ2n) is 4.25. The first kappa shape index (κ1) is 16.7. The van der Waals surface area contributed by atoms with Crippen LogP contribution in [0.4, 0.5) is 5.69 Å². The number of halogens is 2. The second kappa shape index (κ2) is 6.64. The van der Waals surface area contributed by atoms with Crippen LogP contribution in [-0.4, -0.2) is 22.6 Å². The molecule has 0 radical (unpaired) electrons. The van der Waals surface area contributed by atoms with E-state index in [0.717, 1.165) is 0 Å². The van der Waals surface area contributed by atoms with E-state index >= 15 is 0 Å². The van der Waals surface area contributed by atoms with E-state index in [0.29, 0.717) is 10.8 Å². The first-order valence-corrected chi connectivity index (χ1v) is 8.31. The van der Waals surface area contributed by atoms with Crippen molar-refractivity contribution in [3.63, 3.8) is 0 Å². The van der Waals surface area contributed by atoms with Crippen molar-refractivity contribution >= 4 is 38.9 Å². The highest BCUT2D eigenvalue weighted by atomic mass is 35.5. The Kier molecular flexibility index (Phi) is 5.05. The van der Waals surface area contributed by atoms with Gasteiger partial charge in [-0.05, 0) is 30.3 Å². The van der Waals surface area contributed by atoms with Crippen LogP contribution in [0.3, 0.4) is 0 Å². The fourth-order valence-electron chi connectivity index (χ4n) is 1.77. The lowest BCUT2D eigenvalue weighted by molar-refractivity contribution is 0.386. The van der Waals surface area contributed by atoms with Crippen LogP contribution < -0.4 is 14.2 Å². The highest BCUT2D eigenvalue weighted by Gasteiger charge is 2.21. The van der Waals surface area contributed by atoms with Gasteiger partial charge in [-0.2, -0.15) is 0 Å². The lowest BCUT2D eigenvalue weighted by Crippen LogP contribution is -2.14. The van der Waals surface area contributed by atoms with Crippen molar-refractivity contribution in [2.45, 2.75) is 4.90 Å². The Labute approximate surface area is 138 Å². The van der Waals surface area contributed by atoms with Gasteiger partial charge in [-0.3, -0.25) is 4.72 Å². The van der Waals surface area contributed by atoms with Crippen LogP contribution >= 0.6 is 23.2 Å². The van der Waals surface area contributed by atoms with Crippen LogP contribution in [0.15, 0.2) is 41.3 Å². The summed E-state index contributed by atoms with van der Waals surface area (Å²) in [6.07, 6.45) is 0. The van der Waals surface area contributed by atoms with Crippen molar-refractivity contribution in [3.05, 3.63) is 46.4 Å². The molecule has 2 aromatic carbocycles. The van der Waals surface area contributed by atoms with E-state index in [-0.39, 0.29) is 21.4 Å². The van der Waals surface area contributed by atoms with Crippen molar-refractivity contribution in [2.24, 2.45) is 0 Å². The number of benzene rings is 2. The molecule has 0 atom stereocenters. The summed E-state index contributed by atoms with van der Waals surface area (Å²) >= 11 is 11.8. The Morgan fingerprint density at radius 3 is 2.36 bits per heavy atom. The first-order chi connectivity index (χ1) is 10.4. The van der Waals surface area contributed by atoms with Crippen LogP contribution in [0.1, 0.15) is 0 Å². The molecule has 0 bridgehead atoms. The van der Waals surface area contributed by atoms with E-state index in [1.807, 2.05) is 0 Å². The van der Waals surface area contributed by atoms with Gasteiger partial charge >= 0.3 is 0 Å². The van der Waals surface area contributed by atoms with Crippen LogP contribution in [0, 0.1) is 0 Å². The van der Waals surface area contributed by atoms with Crippen LogP contribution in [0.5, 0.6) is 11.5 Å². The molecule has 0 spiro atoms. The lowest BCUT2D eigenvalue weighted by atomic mass is 10.3. The third-order valence-corrected chi connectivity index (χ3v) is 4.80. The molecule has 0 unspecified atom stereocenters. The van der Waals surface area contributed by atoms with Crippen LogP contribution in [0.25, 0.3) is 0 Å². The van der Waals surface area contributed by atoms with E-state index in [2.05, 4.69) is 4.72 Å². The highest BCUT2D eigenvalue weighted by molar-refractivity contribution is 7.92. The fraction of sp³-hybridized carbons (Fsp3) is 0.143. The van der Waals surface area contributed by atoms with Gasteiger partial charge in [0.25, 0.3) is 10.0 Å². The molecule has 1 N–H and O–H groups in total. The van der Waals surface area contributed by atoms with E-state index in [9.17, 15) is 8.42 Å². The Balaban J connectivity index is 2.44. The molecule has 2 rings (SSSR count). The van der Waals surface area contributed by atoms with Gasteiger partial charge in [0.05, 0.1) is 24.9 Å². The average molecular weight is 362 g/mol. The zero-order chi connectivity index (χ0) is 16.3. The number of sulfonamides is 1. The standard InChI is InChI=1S/C14H13Cl2NO4S/c1-20-10-4-6-14(13(8-10)21-2)22(18,19)17-12-7-9(15)3-5-11(12)16/h3-8,17H,1-2H3. The molecule has 0 aliphatic carbocycles. The van der Waals surface area contributed by atoms with Crippen LogP contribution in [-0.2, 0) is 10.0 Å². The highest BCUT2D eigenvalue weighted by Crippen LogP contribution is 2.32. The Morgan fingerprint density at radius 1 is 1.00 bits per heavy atom. The van der Waals surface area contributed by atoms with Crippen molar-refractivity contribution < 1.29 is 17.9 Å². The smallest absolute Gasteiger partial charge is 0.265 e. The number of anilines is 1. The number of ether oxygens (including phenoxy) is 2. The van der Waals surface area contributed by atoms with Gasteiger partial charge in [0, 0.05) is 11.1 Å². The molecule has 118 valence electrons. The van der Waals surface area contributed by atoms with E-state index in [1.54, 1.807) is 6.07 Å². The molecular weight excluding hydrogens is 349 g/mol. The number of hydrogen-bond acceptors (Lipinski definition) is 4. The number of rotatable bonds is 5. The first-order valence-electron chi connectivity index (χ1n) is 6.07. The minimum Gasteiger partial charge on any atom is -0.497 e. The predicted molar refractivity (Wildman–Crippen MR) is 86.8 cm³/mol. The minimum atomic E-state index is -3.89. The van der Waals surface area contributed by atoms with Crippen molar-refractivity contribution in [3.8, 4) is 11.5 Å². The van der Waals surface area contributed by atoms with E-state index < -0.39 is 10.0 Å². The third kappa shape index (κ3) is 3.58. The number of nitrogens with one attached hydrogen (secondary N) is 1. The molecule has 0 amide bonds. The molecule has 22 heavy (non-hydrogen) atoms. The number of hydrogen-bond donors (Lipinski definition) is 1. The molecule has 0 aliphatic heterocycles. The summed E-state index contributed by atoms with van der Waals surface area (Å²) < 4.78 is 37.6. The molecule has 2 aromatic rings. The summed E-state index contributed by atoms with van der Waals surface area (Å²) in [5, 5.41) is 0.601. The van der Waals surface area contributed by atoms with Crippen molar-refractivity contribution in [1.29, 1.82) is 0 Å². The summed E-state index contributed by atoms with van der Waals surface area (Å²) in [7, 11) is -1.04. The summed E-state index contributed by atoms with van der Waals surface area (Å²) in [4.78, 5) is -0.0353. The topological polar surface area (TPSA) is 64.6 Å². The summed E-state index contributed by atoms with van der Waals surface area (Å²) in [5.41, 5.74) is 0.187. The Hall–Kier alpha value is -1.63. The maximum Gasteiger partial charge on any atom is 0.265 e. The van der Waals surface area contributed by atoms with Crippen molar-refractivity contribution in [2.75, 3.05) is 18.9 Å². The molecule has 0 fully saturated rings. The van der Waals surface area contributed by atoms with Gasteiger partial charge in [0.1, 0.15) is 16.4 Å². The monoisotopic (exact) mass is 361 g/mol. The number of methoxy groups -OCH3 is 2. The van der Waals surface area contributed by atoms with Gasteiger partial charge in [0.2, 0.25) is 0 Å². The summed E-state index contributed by atoms with van der Waals surface area (Å²) in [6.45, 7) is 0. The zero-order valence-electron chi connectivity index (χ0n) is 11.8. The summed E-state index contributed by atoms with van der Waals surface area (Å²) in [5.74, 6) is 0.640. The normalized spacial score (nSPS) is 11.1. The average Bonchev–Trinajstić information content (AvgIpc) is 2.50. The van der Waals surface area contributed by atoms with Gasteiger partial charge in [0.15, 0.2) is 0 Å². The van der Waals surface area contributed by atoms with Gasteiger partial charge < -0.3 is 9.47 Å². The molecule has 5 nitrogen and oxygen atoms in total. The zero-order valence-corrected chi connectivity index (χ0v) is 14.1. The second-order valence-corrected chi connectivity index (χ2v) is 6.74. The fourth-order valence-corrected chi connectivity index (χ4v) is 3.39. The molecule has 0 heterocycles. The third-order valence-electron chi connectivity index (χ3n) is 2.83. The Bertz CT molecular complexity index is 793. The molecule has 0 aliphatic rings. The maximum absolute atomic E-state index is 12.5. The Morgan fingerprint density at radius 2 is 1.73 bits per heavy atom. The molecule has 0 aromatic heterocycles. The van der Waals surface area contributed by atoms with E-state index in [1.165, 1.54) is 44.6 Å². The largest absolute Gasteiger partial charge is 0.497 e. The van der Waals surface area contributed by atoms with Crippen LogP contribution in [0.2, 0.25) is 10.0 Å². The predicted octanol–water partition coefficient (Wildman–Crippen LogP) is 3.81.